The number of esters is 1. The predicted octanol–water partition coefficient (Wildman–Crippen LogP) is 3.84. The van der Waals surface area contributed by atoms with Crippen molar-refractivity contribution < 1.29 is 9.53 Å². The molecule has 0 radical (unpaired) electrons. The second-order valence-electron chi connectivity index (χ2n) is 5.32. The fourth-order valence-corrected chi connectivity index (χ4v) is 2.17. The van der Waals surface area contributed by atoms with Crippen LogP contribution < -0.4 is 5.73 Å². The summed E-state index contributed by atoms with van der Waals surface area (Å²) in [5, 5.41) is 0. The average Bonchev–Trinajstić information content (AvgIpc) is 2.48. The van der Waals surface area contributed by atoms with Gasteiger partial charge in [-0.3, -0.25) is 4.79 Å². The number of rotatable bonds is 9. The molecular weight excluding hydrogens is 250 g/mol. The van der Waals surface area contributed by atoms with E-state index in [4.69, 9.17) is 10.5 Å². The van der Waals surface area contributed by atoms with Gasteiger partial charge in [-0.05, 0) is 17.9 Å². The number of unbranched alkanes of at least 4 members (excludes halogenated alkanes) is 1. The van der Waals surface area contributed by atoms with E-state index < -0.39 is 0 Å². The smallest absolute Gasteiger partial charge is 0.307 e. The Hall–Kier alpha value is -1.35. The number of nitrogens with two attached hydrogens (primary N) is 1. The van der Waals surface area contributed by atoms with Gasteiger partial charge in [0, 0.05) is 6.04 Å². The maximum atomic E-state index is 11.8. The molecule has 2 unspecified atom stereocenters. The molecule has 0 saturated heterocycles. The molecule has 3 nitrogen and oxygen atoms in total. The number of carbonyl (C=O) groups excluding carboxylic acids is 1. The molecule has 0 fully saturated rings. The minimum absolute atomic E-state index is 0.198. The van der Waals surface area contributed by atoms with E-state index in [1.807, 2.05) is 30.3 Å². The molecule has 2 atom stereocenters. The van der Waals surface area contributed by atoms with Gasteiger partial charge in [-0.2, -0.15) is 0 Å². The highest BCUT2D eigenvalue weighted by Gasteiger charge is 2.14. The maximum absolute atomic E-state index is 11.8. The highest BCUT2D eigenvalue weighted by molar-refractivity contribution is 5.70. The molecule has 0 bridgehead atoms. The zero-order valence-electron chi connectivity index (χ0n) is 12.7. The van der Waals surface area contributed by atoms with Crippen molar-refractivity contribution >= 4 is 5.97 Å². The Morgan fingerprint density at radius 1 is 1.25 bits per heavy atom. The van der Waals surface area contributed by atoms with Crippen LogP contribution in [0, 0.1) is 5.92 Å². The SMILES string of the molecule is CCCCC(CC)COC(=O)CC(N)c1ccccc1. The van der Waals surface area contributed by atoms with Crippen molar-refractivity contribution in [3.63, 3.8) is 0 Å². The largest absolute Gasteiger partial charge is 0.465 e. The maximum Gasteiger partial charge on any atom is 0.307 e. The summed E-state index contributed by atoms with van der Waals surface area (Å²) in [7, 11) is 0. The van der Waals surface area contributed by atoms with Crippen LogP contribution in [0.2, 0.25) is 0 Å². The average molecular weight is 277 g/mol. The Morgan fingerprint density at radius 3 is 2.55 bits per heavy atom. The standard InChI is InChI=1S/C17H27NO2/c1-3-5-9-14(4-2)13-20-17(19)12-16(18)15-10-7-6-8-11-15/h6-8,10-11,14,16H,3-5,9,12-13,18H2,1-2H3. The second-order valence-corrected chi connectivity index (χ2v) is 5.32. The number of benzene rings is 1. The summed E-state index contributed by atoms with van der Waals surface area (Å²) in [5.74, 6) is 0.281. The van der Waals surface area contributed by atoms with Gasteiger partial charge in [0.15, 0.2) is 0 Å². The van der Waals surface area contributed by atoms with Crippen LogP contribution in [0.1, 0.15) is 57.6 Å². The Morgan fingerprint density at radius 2 is 1.95 bits per heavy atom. The minimum Gasteiger partial charge on any atom is -0.465 e. The van der Waals surface area contributed by atoms with Crippen molar-refractivity contribution in [3.8, 4) is 0 Å². The van der Waals surface area contributed by atoms with Crippen LogP contribution in [0.3, 0.4) is 0 Å². The summed E-state index contributed by atoms with van der Waals surface area (Å²) in [6.45, 7) is 4.85. The molecule has 0 aliphatic rings. The Kier molecular flexibility index (Phi) is 7.97. The fourth-order valence-electron chi connectivity index (χ4n) is 2.17. The monoisotopic (exact) mass is 277 g/mol. The summed E-state index contributed by atoms with van der Waals surface area (Å²) >= 11 is 0. The van der Waals surface area contributed by atoms with Gasteiger partial charge < -0.3 is 10.5 Å². The van der Waals surface area contributed by atoms with Crippen LogP contribution in [0.15, 0.2) is 30.3 Å². The summed E-state index contributed by atoms with van der Waals surface area (Å²) < 4.78 is 5.37. The van der Waals surface area contributed by atoms with Gasteiger partial charge >= 0.3 is 5.97 Å². The summed E-state index contributed by atoms with van der Waals surface area (Å²) in [4.78, 5) is 11.8. The van der Waals surface area contributed by atoms with E-state index in [0.717, 1.165) is 18.4 Å². The minimum atomic E-state index is -0.278. The highest BCUT2D eigenvalue weighted by Crippen LogP contribution is 2.16. The van der Waals surface area contributed by atoms with Crippen LogP contribution in [0.4, 0.5) is 0 Å². The van der Waals surface area contributed by atoms with E-state index in [1.54, 1.807) is 0 Å². The first-order chi connectivity index (χ1) is 9.67. The topological polar surface area (TPSA) is 52.3 Å². The fraction of sp³-hybridized carbons (Fsp3) is 0.588. The van der Waals surface area contributed by atoms with Gasteiger partial charge in [0.1, 0.15) is 0 Å². The van der Waals surface area contributed by atoms with Crippen LogP contribution >= 0.6 is 0 Å². The zero-order chi connectivity index (χ0) is 14.8. The van der Waals surface area contributed by atoms with E-state index in [0.29, 0.717) is 12.5 Å². The van der Waals surface area contributed by atoms with Gasteiger partial charge in [-0.25, -0.2) is 0 Å². The lowest BCUT2D eigenvalue weighted by molar-refractivity contribution is -0.145. The van der Waals surface area contributed by atoms with Gasteiger partial charge in [-0.1, -0.05) is 63.4 Å². The molecule has 1 rings (SSSR count). The second kappa shape index (κ2) is 9.54. The molecule has 0 spiro atoms. The van der Waals surface area contributed by atoms with Gasteiger partial charge in [0.25, 0.3) is 0 Å². The lowest BCUT2D eigenvalue weighted by Gasteiger charge is -2.16. The zero-order valence-corrected chi connectivity index (χ0v) is 12.7. The molecule has 0 saturated carbocycles. The van der Waals surface area contributed by atoms with Crippen molar-refractivity contribution in [3.05, 3.63) is 35.9 Å². The van der Waals surface area contributed by atoms with Crippen molar-refractivity contribution in [1.29, 1.82) is 0 Å². The van der Waals surface area contributed by atoms with Gasteiger partial charge in [0.05, 0.1) is 13.0 Å². The molecular formula is C17H27NO2. The molecule has 0 aromatic heterocycles. The predicted molar refractivity (Wildman–Crippen MR) is 82.3 cm³/mol. The number of carbonyl (C=O) groups is 1. The van der Waals surface area contributed by atoms with E-state index in [9.17, 15) is 4.79 Å². The van der Waals surface area contributed by atoms with Gasteiger partial charge in [0.2, 0.25) is 0 Å². The Balaban J connectivity index is 2.32. The molecule has 1 aromatic rings. The van der Waals surface area contributed by atoms with E-state index >= 15 is 0 Å². The molecule has 2 N–H and O–H groups in total. The summed E-state index contributed by atoms with van der Waals surface area (Å²) in [6, 6.07) is 9.40. The van der Waals surface area contributed by atoms with E-state index in [2.05, 4.69) is 13.8 Å². The molecule has 0 amide bonds. The number of ether oxygens (including phenoxy) is 1. The molecule has 1 aromatic carbocycles. The first-order valence-electron chi connectivity index (χ1n) is 7.63. The molecule has 0 aliphatic heterocycles. The summed E-state index contributed by atoms with van der Waals surface area (Å²) in [6.07, 6.45) is 4.81. The summed E-state index contributed by atoms with van der Waals surface area (Å²) in [5.41, 5.74) is 6.99. The molecule has 0 aliphatic carbocycles. The Labute approximate surface area is 122 Å². The Bertz CT molecular complexity index is 378. The van der Waals surface area contributed by atoms with Crippen LogP contribution in [-0.2, 0) is 9.53 Å². The third-order valence-corrected chi connectivity index (χ3v) is 3.64. The van der Waals surface area contributed by atoms with E-state index in [-0.39, 0.29) is 18.4 Å². The first kappa shape index (κ1) is 16.7. The number of hydrogen-bond donors (Lipinski definition) is 1. The van der Waals surface area contributed by atoms with Gasteiger partial charge in [-0.15, -0.1) is 0 Å². The molecule has 3 heteroatoms. The van der Waals surface area contributed by atoms with Crippen molar-refractivity contribution in [2.45, 2.75) is 52.0 Å². The van der Waals surface area contributed by atoms with Crippen LogP contribution in [0.25, 0.3) is 0 Å². The van der Waals surface area contributed by atoms with E-state index in [1.165, 1.54) is 12.8 Å². The quantitative estimate of drug-likeness (QED) is 0.698. The molecule has 0 heterocycles. The lowest BCUT2D eigenvalue weighted by atomic mass is 10.0. The van der Waals surface area contributed by atoms with Crippen molar-refractivity contribution in [2.24, 2.45) is 11.7 Å². The van der Waals surface area contributed by atoms with Crippen molar-refractivity contribution in [2.75, 3.05) is 6.61 Å². The van der Waals surface area contributed by atoms with Crippen molar-refractivity contribution in [1.82, 2.24) is 0 Å². The normalized spacial score (nSPS) is 13.8. The third kappa shape index (κ3) is 6.20. The third-order valence-electron chi connectivity index (χ3n) is 3.64. The highest BCUT2D eigenvalue weighted by atomic mass is 16.5. The first-order valence-corrected chi connectivity index (χ1v) is 7.63. The van der Waals surface area contributed by atoms with Crippen LogP contribution in [-0.4, -0.2) is 12.6 Å². The molecule has 112 valence electrons. The lowest BCUT2D eigenvalue weighted by Crippen LogP contribution is -2.19. The molecule has 20 heavy (non-hydrogen) atoms. The van der Waals surface area contributed by atoms with Crippen LogP contribution in [0.5, 0.6) is 0 Å². The number of hydrogen-bond acceptors (Lipinski definition) is 3.